The van der Waals surface area contributed by atoms with E-state index < -0.39 is 0 Å². The molecule has 0 bridgehead atoms. The van der Waals surface area contributed by atoms with Crippen molar-refractivity contribution in [2.45, 2.75) is 45.6 Å². The molecule has 0 aliphatic heterocycles. The van der Waals surface area contributed by atoms with Crippen molar-refractivity contribution in [1.82, 2.24) is 0 Å². The molecule has 1 atom stereocenters. The lowest BCUT2D eigenvalue weighted by atomic mass is 9.80. The Balaban J connectivity index is 2.19. The highest BCUT2D eigenvalue weighted by atomic mass is 16.6. The van der Waals surface area contributed by atoms with Crippen LogP contribution in [0.5, 0.6) is 0 Å². The van der Waals surface area contributed by atoms with Gasteiger partial charge in [0.05, 0.1) is 4.92 Å². The number of rotatable bonds is 7. The van der Waals surface area contributed by atoms with E-state index in [1.807, 2.05) is 13.0 Å². The maximum absolute atomic E-state index is 11.4. The van der Waals surface area contributed by atoms with E-state index in [0.717, 1.165) is 13.0 Å². The first kappa shape index (κ1) is 14.6. The van der Waals surface area contributed by atoms with Gasteiger partial charge in [-0.1, -0.05) is 19.4 Å². The van der Waals surface area contributed by atoms with E-state index in [4.69, 9.17) is 0 Å². The molecule has 2 N–H and O–H groups in total. The molecule has 1 aliphatic rings. The largest absolute Gasteiger partial charge is 0.379 e. The van der Waals surface area contributed by atoms with E-state index in [9.17, 15) is 10.1 Å². The van der Waals surface area contributed by atoms with E-state index in [0.29, 0.717) is 17.3 Å². The fourth-order valence-electron chi connectivity index (χ4n) is 2.56. The quantitative estimate of drug-likeness (QED) is 0.583. The number of hydrogen-bond acceptors (Lipinski definition) is 4. The topological polar surface area (TPSA) is 67.2 Å². The van der Waals surface area contributed by atoms with Gasteiger partial charge in [0.15, 0.2) is 0 Å². The van der Waals surface area contributed by atoms with E-state index in [1.54, 1.807) is 12.1 Å². The van der Waals surface area contributed by atoms with Gasteiger partial charge in [0.2, 0.25) is 0 Å². The molecule has 5 nitrogen and oxygen atoms in total. The molecule has 110 valence electrons. The lowest BCUT2D eigenvalue weighted by Gasteiger charge is -2.32. The van der Waals surface area contributed by atoms with Crippen LogP contribution in [0, 0.1) is 16.0 Å². The first-order chi connectivity index (χ1) is 9.63. The molecule has 0 aromatic heterocycles. The highest BCUT2D eigenvalue weighted by molar-refractivity contribution is 5.76. The number of nitro benzene ring substituents is 1. The summed E-state index contributed by atoms with van der Waals surface area (Å²) in [5.74, 6) is 0.641. The van der Waals surface area contributed by atoms with Crippen LogP contribution in [0.25, 0.3) is 0 Å². The number of anilines is 2. The van der Waals surface area contributed by atoms with Crippen molar-refractivity contribution < 1.29 is 4.92 Å². The highest BCUT2D eigenvalue weighted by Crippen LogP contribution is 2.36. The van der Waals surface area contributed by atoms with Crippen molar-refractivity contribution in [2.75, 3.05) is 17.2 Å². The second kappa shape index (κ2) is 6.59. The Hall–Kier alpha value is -1.78. The zero-order valence-corrected chi connectivity index (χ0v) is 12.2. The summed E-state index contributed by atoms with van der Waals surface area (Å²) in [6.07, 6.45) is 4.65. The first-order valence-electron chi connectivity index (χ1n) is 7.41. The first-order valence-corrected chi connectivity index (χ1v) is 7.41. The van der Waals surface area contributed by atoms with E-state index in [1.165, 1.54) is 19.3 Å². The van der Waals surface area contributed by atoms with Gasteiger partial charge in [-0.25, -0.2) is 0 Å². The maximum atomic E-state index is 11.4. The molecular formula is C15H23N3O2. The van der Waals surface area contributed by atoms with Crippen molar-refractivity contribution in [3.63, 3.8) is 0 Å². The molecule has 1 saturated carbocycles. The molecule has 0 radical (unpaired) electrons. The van der Waals surface area contributed by atoms with Gasteiger partial charge in [-0.2, -0.15) is 0 Å². The average molecular weight is 277 g/mol. The summed E-state index contributed by atoms with van der Waals surface area (Å²) in [6, 6.07) is 5.71. The minimum absolute atomic E-state index is 0.159. The van der Waals surface area contributed by atoms with Crippen molar-refractivity contribution in [3.8, 4) is 0 Å². The van der Waals surface area contributed by atoms with Crippen LogP contribution in [0.4, 0.5) is 17.1 Å². The van der Waals surface area contributed by atoms with Gasteiger partial charge in [0.25, 0.3) is 0 Å². The lowest BCUT2D eigenvalue weighted by Crippen LogP contribution is -2.31. The van der Waals surface area contributed by atoms with Crippen LogP contribution in [0.1, 0.15) is 39.5 Å². The molecule has 1 unspecified atom stereocenters. The van der Waals surface area contributed by atoms with Crippen molar-refractivity contribution in [3.05, 3.63) is 28.3 Å². The number of para-hydroxylation sites is 1. The highest BCUT2D eigenvalue weighted by Gasteiger charge is 2.26. The molecule has 5 heteroatoms. The zero-order valence-electron chi connectivity index (χ0n) is 12.2. The molecule has 2 rings (SSSR count). The molecule has 1 aromatic carbocycles. The van der Waals surface area contributed by atoms with Crippen molar-refractivity contribution in [1.29, 1.82) is 0 Å². The molecule has 20 heavy (non-hydrogen) atoms. The van der Waals surface area contributed by atoms with Gasteiger partial charge < -0.3 is 10.6 Å². The van der Waals surface area contributed by atoms with Gasteiger partial charge in [-0.15, -0.1) is 0 Å². The minimum atomic E-state index is -0.298. The van der Waals surface area contributed by atoms with E-state index in [-0.39, 0.29) is 16.7 Å². The minimum Gasteiger partial charge on any atom is -0.379 e. The van der Waals surface area contributed by atoms with Gasteiger partial charge in [0, 0.05) is 12.6 Å². The molecule has 1 fully saturated rings. The second-order valence-corrected chi connectivity index (χ2v) is 5.51. The Morgan fingerprint density at radius 2 is 2.10 bits per heavy atom. The SMILES string of the molecule is CCCNc1cccc(NC(C)C2CCC2)c1[N+](=O)[O-]. The van der Waals surface area contributed by atoms with Crippen molar-refractivity contribution in [2.24, 2.45) is 5.92 Å². The van der Waals surface area contributed by atoms with Crippen LogP contribution in [0.15, 0.2) is 18.2 Å². The van der Waals surface area contributed by atoms with Gasteiger partial charge >= 0.3 is 5.69 Å². The summed E-state index contributed by atoms with van der Waals surface area (Å²) in [6.45, 7) is 4.89. The predicted octanol–water partition coefficient (Wildman–Crippen LogP) is 4.02. The lowest BCUT2D eigenvalue weighted by molar-refractivity contribution is -0.383. The zero-order chi connectivity index (χ0) is 14.5. The predicted molar refractivity (Wildman–Crippen MR) is 82.3 cm³/mol. The average Bonchev–Trinajstić information content (AvgIpc) is 2.33. The molecule has 1 aromatic rings. The molecule has 0 amide bonds. The smallest absolute Gasteiger partial charge is 0.315 e. The van der Waals surface area contributed by atoms with E-state index >= 15 is 0 Å². The standard InChI is InChI=1S/C15H23N3O2/c1-3-10-16-13-8-5-9-14(15(13)18(19)20)17-11(2)12-6-4-7-12/h5,8-9,11-12,16-17H,3-4,6-7,10H2,1-2H3. The number of nitrogens with zero attached hydrogens (tertiary/aromatic N) is 1. The third-order valence-electron chi connectivity index (χ3n) is 4.02. The fraction of sp³-hybridized carbons (Fsp3) is 0.600. The molecular weight excluding hydrogens is 254 g/mol. The second-order valence-electron chi connectivity index (χ2n) is 5.51. The Labute approximate surface area is 119 Å². The Kier molecular flexibility index (Phi) is 4.82. The number of nitro groups is 1. The van der Waals surface area contributed by atoms with Crippen molar-refractivity contribution >= 4 is 17.1 Å². The maximum Gasteiger partial charge on any atom is 0.315 e. The third-order valence-corrected chi connectivity index (χ3v) is 4.02. The summed E-state index contributed by atoms with van der Waals surface area (Å²) in [7, 11) is 0. The van der Waals surface area contributed by atoms with E-state index in [2.05, 4.69) is 17.6 Å². The van der Waals surface area contributed by atoms with Gasteiger partial charge in [-0.3, -0.25) is 10.1 Å². The van der Waals surface area contributed by atoms with Crippen LogP contribution >= 0.6 is 0 Å². The summed E-state index contributed by atoms with van der Waals surface area (Å²) >= 11 is 0. The summed E-state index contributed by atoms with van der Waals surface area (Å²) in [5, 5.41) is 17.8. The molecule has 0 spiro atoms. The monoisotopic (exact) mass is 277 g/mol. The summed E-state index contributed by atoms with van der Waals surface area (Å²) in [4.78, 5) is 11.1. The summed E-state index contributed by atoms with van der Waals surface area (Å²) in [5.41, 5.74) is 1.38. The van der Waals surface area contributed by atoms with Crippen LogP contribution in [0.3, 0.4) is 0 Å². The molecule has 0 saturated heterocycles. The number of hydrogen-bond donors (Lipinski definition) is 2. The summed E-state index contributed by atoms with van der Waals surface area (Å²) < 4.78 is 0. The Morgan fingerprint density at radius 3 is 2.65 bits per heavy atom. The normalized spacial score (nSPS) is 16.3. The fourth-order valence-corrected chi connectivity index (χ4v) is 2.56. The van der Waals surface area contributed by atoms with Crippen LogP contribution in [0.2, 0.25) is 0 Å². The number of benzene rings is 1. The Bertz CT molecular complexity index is 472. The van der Waals surface area contributed by atoms with Gasteiger partial charge in [0.1, 0.15) is 11.4 Å². The molecule has 1 aliphatic carbocycles. The number of nitrogens with one attached hydrogen (secondary N) is 2. The van der Waals surface area contributed by atoms with Crippen LogP contribution in [-0.4, -0.2) is 17.5 Å². The third kappa shape index (κ3) is 3.21. The van der Waals surface area contributed by atoms with Gasteiger partial charge in [-0.05, 0) is 44.2 Å². The molecule has 0 heterocycles. The van der Waals surface area contributed by atoms with Crippen LogP contribution < -0.4 is 10.6 Å². The Morgan fingerprint density at radius 1 is 1.40 bits per heavy atom. The van der Waals surface area contributed by atoms with Crippen LogP contribution in [-0.2, 0) is 0 Å².